The van der Waals surface area contributed by atoms with Gasteiger partial charge in [-0.1, -0.05) is 24.6 Å². The van der Waals surface area contributed by atoms with E-state index < -0.39 is 0 Å². The molecule has 0 saturated carbocycles. The van der Waals surface area contributed by atoms with E-state index in [1.165, 1.54) is 0 Å². The number of benzene rings is 1. The largest absolute Gasteiger partial charge is 0.383 e. The van der Waals surface area contributed by atoms with E-state index in [-0.39, 0.29) is 24.5 Å². The average Bonchev–Trinajstić information content (AvgIpc) is 3.15. The Kier molecular flexibility index (Phi) is 9.40. The van der Waals surface area contributed by atoms with Crippen LogP contribution in [0.4, 0.5) is 10.5 Å². The molecule has 0 bridgehead atoms. The number of carbonyl (C=O) groups excluding carboxylic acids is 2. The van der Waals surface area contributed by atoms with Crippen LogP contribution in [0.15, 0.2) is 36.5 Å². The summed E-state index contributed by atoms with van der Waals surface area (Å²) in [6, 6.07) is 8.86. The number of hydrogen-bond acceptors (Lipinski definition) is 3. The average molecular weight is 449 g/mol. The first kappa shape index (κ1) is 24.8. The highest BCUT2D eigenvalue weighted by atomic mass is 35.5. The molecule has 8 heteroatoms. The van der Waals surface area contributed by atoms with Crippen molar-refractivity contribution in [3.63, 3.8) is 0 Å². The van der Waals surface area contributed by atoms with Gasteiger partial charge in [0.15, 0.2) is 0 Å². The molecule has 0 aliphatic rings. The fraction of sp³-hybridized carbons (Fsp3) is 0.478. The number of amides is 3. The lowest BCUT2D eigenvalue weighted by Crippen LogP contribution is -2.48. The molecule has 0 aliphatic heterocycles. The molecule has 1 atom stereocenters. The molecular weight excluding hydrogens is 416 g/mol. The van der Waals surface area contributed by atoms with E-state index in [0.29, 0.717) is 30.4 Å². The summed E-state index contributed by atoms with van der Waals surface area (Å²) in [6.45, 7) is 7.14. The first-order valence-electron chi connectivity index (χ1n) is 10.5. The SMILES string of the molecule is CCC(C)N(CC(=O)N(CCOC)Cc1cccn1C)C(=O)Nc1ccc(C)c(Cl)c1. The minimum absolute atomic E-state index is 0.0193. The van der Waals surface area contributed by atoms with Gasteiger partial charge in [0, 0.05) is 49.3 Å². The predicted molar refractivity (Wildman–Crippen MR) is 124 cm³/mol. The third-order valence-corrected chi connectivity index (χ3v) is 5.84. The van der Waals surface area contributed by atoms with Crippen LogP contribution in [-0.4, -0.2) is 59.2 Å². The highest BCUT2D eigenvalue weighted by Crippen LogP contribution is 2.21. The molecule has 0 aliphatic carbocycles. The van der Waals surface area contributed by atoms with E-state index in [4.69, 9.17) is 16.3 Å². The number of anilines is 1. The van der Waals surface area contributed by atoms with Crippen molar-refractivity contribution in [3.05, 3.63) is 52.8 Å². The standard InChI is InChI=1S/C23H33ClN4O3/c1-6-18(3)28(23(30)25-19-10-9-17(2)21(24)14-19)16-22(29)27(12-13-31-5)15-20-8-7-11-26(20)4/h7-11,14,18H,6,12-13,15-16H2,1-5H3,(H,25,30). The number of nitrogens with one attached hydrogen (secondary N) is 1. The van der Waals surface area contributed by atoms with Gasteiger partial charge in [-0.3, -0.25) is 4.79 Å². The predicted octanol–water partition coefficient (Wildman–Crippen LogP) is 4.29. The fourth-order valence-electron chi connectivity index (χ4n) is 3.11. The Morgan fingerprint density at radius 2 is 2.03 bits per heavy atom. The van der Waals surface area contributed by atoms with Gasteiger partial charge in [0.1, 0.15) is 6.54 Å². The molecule has 0 spiro atoms. The number of carbonyl (C=O) groups is 2. The van der Waals surface area contributed by atoms with Gasteiger partial charge in [-0.25, -0.2) is 4.79 Å². The van der Waals surface area contributed by atoms with Crippen LogP contribution in [-0.2, 0) is 23.1 Å². The fourth-order valence-corrected chi connectivity index (χ4v) is 3.29. The molecule has 170 valence electrons. The van der Waals surface area contributed by atoms with E-state index in [1.54, 1.807) is 29.0 Å². The van der Waals surface area contributed by atoms with Gasteiger partial charge in [0.05, 0.1) is 13.2 Å². The van der Waals surface area contributed by atoms with E-state index >= 15 is 0 Å². The summed E-state index contributed by atoms with van der Waals surface area (Å²) in [7, 11) is 3.55. The lowest BCUT2D eigenvalue weighted by molar-refractivity contribution is -0.133. The second-order valence-electron chi connectivity index (χ2n) is 7.70. The molecule has 2 aromatic rings. The zero-order valence-electron chi connectivity index (χ0n) is 19.0. The summed E-state index contributed by atoms with van der Waals surface area (Å²) in [5.74, 6) is -0.129. The number of aryl methyl sites for hydroxylation is 2. The van der Waals surface area contributed by atoms with E-state index in [9.17, 15) is 9.59 Å². The minimum Gasteiger partial charge on any atom is -0.383 e. The third kappa shape index (κ3) is 7.01. The second-order valence-corrected chi connectivity index (χ2v) is 8.11. The smallest absolute Gasteiger partial charge is 0.322 e. The number of rotatable bonds is 10. The number of hydrogen-bond donors (Lipinski definition) is 1. The molecular formula is C23H33ClN4O3. The molecule has 1 aromatic carbocycles. The molecule has 1 N–H and O–H groups in total. The minimum atomic E-state index is -0.326. The van der Waals surface area contributed by atoms with Crippen molar-refractivity contribution in [1.29, 1.82) is 0 Å². The van der Waals surface area contributed by atoms with E-state index in [1.807, 2.05) is 56.8 Å². The molecule has 0 fully saturated rings. The number of methoxy groups -OCH3 is 1. The molecule has 1 unspecified atom stereocenters. The summed E-state index contributed by atoms with van der Waals surface area (Å²) in [5.41, 5.74) is 2.54. The number of halogens is 1. The van der Waals surface area contributed by atoms with Crippen LogP contribution in [0.3, 0.4) is 0 Å². The number of aromatic nitrogens is 1. The maximum atomic E-state index is 13.2. The van der Waals surface area contributed by atoms with Gasteiger partial charge in [0.2, 0.25) is 5.91 Å². The van der Waals surface area contributed by atoms with Crippen LogP contribution in [0.25, 0.3) is 0 Å². The Morgan fingerprint density at radius 3 is 2.61 bits per heavy atom. The maximum Gasteiger partial charge on any atom is 0.322 e. The molecule has 2 rings (SSSR count). The molecule has 1 heterocycles. The summed E-state index contributed by atoms with van der Waals surface area (Å²) in [6.07, 6.45) is 2.67. The third-order valence-electron chi connectivity index (χ3n) is 5.43. The molecule has 0 radical (unpaired) electrons. The van der Waals surface area contributed by atoms with Crippen molar-refractivity contribution in [2.75, 3.05) is 32.1 Å². The van der Waals surface area contributed by atoms with Crippen LogP contribution in [0, 0.1) is 6.92 Å². The quantitative estimate of drug-likeness (QED) is 0.589. The van der Waals surface area contributed by atoms with Gasteiger partial charge < -0.3 is 24.4 Å². The first-order valence-corrected chi connectivity index (χ1v) is 10.8. The van der Waals surface area contributed by atoms with Gasteiger partial charge >= 0.3 is 6.03 Å². The first-order chi connectivity index (χ1) is 14.8. The summed E-state index contributed by atoms with van der Waals surface area (Å²) < 4.78 is 7.17. The van der Waals surface area contributed by atoms with Crippen molar-refractivity contribution in [2.45, 2.75) is 39.8 Å². The van der Waals surface area contributed by atoms with Crippen molar-refractivity contribution in [2.24, 2.45) is 7.05 Å². The van der Waals surface area contributed by atoms with Gasteiger partial charge in [0.25, 0.3) is 0 Å². The molecule has 1 aromatic heterocycles. The van der Waals surface area contributed by atoms with Crippen molar-refractivity contribution >= 4 is 29.2 Å². The lowest BCUT2D eigenvalue weighted by atomic mass is 10.2. The van der Waals surface area contributed by atoms with Crippen LogP contribution in [0.1, 0.15) is 31.5 Å². The lowest BCUT2D eigenvalue weighted by Gasteiger charge is -2.31. The normalized spacial score (nSPS) is 11.8. The summed E-state index contributed by atoms with van der Waals surface area (Å²) in [4.78, 5) is 29.5. The highest BCUT2D eigenvalue weighted by Gasteiger charge is 2.25. The monoisotopic (exact) mass is 448 g/mol. The summed E-state index contributed by atoms with van der Waals surface area (Å²) >= 11 is 6.18. The van der Waals surface area contributed by atoms with Gasteiger partial charge in [-0.15, -0.1) is 0 Å². The Balaban J connectivity index is 2.15. The topological polar surface area (TPSA) is 66.8 Å². The maximum absolute atomic E-state index is 13.2. The van der Waals surface area contributed by atoms with Crippen LogP contribution in [0.2, 0.25) is 5.02 Å². The molecule has 3 amide bonds. The van der Waals surface area contributed by atoms with Crippen LogP contribution < -0.4 is 5.32 Å². The van der Waals surface area contributed by atoms with Gasteiger partial charge in [-0.2, -0.15) is 0 Å². The van der Waals surface area contributed by atoms with Crippen LogP contribution in [0.5, 0.6) is 0 Å². The highest BCUT2D eigenvalue weighted by molar-refractivity contribution is 6.31. The molecule has 7 nitrogen and oxygen atoms in total. The Morgan fingerprint density at radius 1 is 1.29 bits per heavy atom. The second kappa shape index (κ2) is 11.8. The van der Waals surface area contributed by atoms with Crippen molar-refractivity contribution in [1.82, 2.24) is 14.4 Å². The zero-order chi connectivity index (χ0) is 23.0. The van der Waals surface area contributed by atoms with E-state index in [2.05, 4.69) is 5.32 Å². The Labute approximate surface area is 189 Å². The zero-order valence-corrected chi connectivity index (χ0v) is 19.8. The van der Waals surface area contributed by atoms with Crippen molar-refractivity contribution < 1.29 is 14.3 Å². The molecule has 31 heavy (non-hydrogen) atoms. The summed E-state index contributed by atoms with van der Waals surface area (Å²) in [5, 5.41) is 3.45. The van der Waals surface area contributed by atoms with Gasteiger partial charge in [-0.05, 0) is 50.1 Å². The number of urea groups is 1. The van der Waals surface area contributed by atoms with Crippen LogP contribution >= 0.6 is 11.6 Å². The van der Waals surface area contributed by atoms with E-state index in [0.717, 1.165) is 17.7 Å². The molecule has 0 saturated heterocycles. The number of ether oxygens (including phenoxy) is 1. The van der Waals surface area contributed by atoms with Crippen molar-refractivity contribution in [3.8, 4) is 0 Å². The Hall–Kier alpha value is -2.51. The Bertz CT molecular complexity index is 883. The number of nitrogens with zero attached hydrogens (tertiary/aromatic N) is 3.